The Balaban J connectivity index is 1.65. The number of benzene rings is 2. The van der Waals surface area contributed by atoms with E-state index < -0.39 is 6.04 Å². The number of rotatable bonds is 9. The van der Waals surface area contributed by atoms with Crippen LogP contribution in [0.25, 0.3) is 11.5 Å². The SMILES string of the molecule is CCc1noc(-c2cnc(Nc3ccc(C(=O)N(C)C)cc3)nc2N[C@H](CO)c2ccccc2)n1. The average molecular weight is 474 g/mol. The topological polar surface area (TPSA) is 129 Å². The average Bonchev–Trinajstić information content (AvgIpc) is 3.37. The van der Waals surface area contributed by atoms with Gasteiger partial charge in [-0.15, -0.1) is 0 Å². The minimum Gasteiger partial charge on any atom is -0.394 e. The van der Waals surface area contributed by atoms with Crippen LogP contribution in [0.15, 0.2) is 65.3 Å². The van der Waals surface area contributed by atoms with Gasteiger partial charge in [0.25, 0.3) is 11.8 Å². The van der Waals surface area contributed by atoms with Crippen LogP contribution >= 0.6 is 0 Å². The van der Waals surface area contributed by atoms with Gasteiger partial charge in [0.1, 0.15) is 11.4 Å². The maximum Gasteiger partial charge on any atom is 0.263 e. The Kier molecular flexibility index (Phi) is 7.32. The number of aromatic nitrogens is 4. The number of aryl methyl sites for hydroxylation is 1. The predicted octanol–water partition coefficient (Wildman–Crippen LogP) is 3.68. The molecule has 2 aromatic carbocycles. The molecular weight excluding hydrogens is 446 g/mol. The number of aliphatic hydroxyl groups excluding tert-OH is 1. The summed E-state index contributed by atoms with van der Waals surface area (Å²) in [5.41, 5.74) is 2.71. The van der Waals surface area contributed by atoms with E-state index >= 15 is 0 Å². The molecule has 35 heavy (non-hydrogen) atoms. The second-order valence-electron chi connectivity index (χ2n) is 8.02. The lowest BCUT2D eigenvalue weighted by Crippen LogP contribution is -2.21. The lowest BCUT2D eigenvalue weighted by molar-refractivity contribution is 0.0827. The number of anilines is 3. The van der Waals surface area contributed by atoms with Crippen LogP contribution in [-0.2, 0) is 6.42 Å². The molecule has 4 aromatic rings. The smallest absolute Gasteiger partial charge is 0.263 e. The van der Waals surface area contributed by atoms with Crippen molar-refractivity contribution in [3.8, 4) is 11.5 Å². The highest BCUT2D eigenvalue weighted by atomic mass is 16.5. The van der Waals surface area contributed by atoms with E-state index in [0.717, 1.165) is 5.56 Å². The summed E-state index contributed by atoms with van der Waals surface area (Å²) in [6.45, 7) is 1.79. The Morgan fingerprint density at radius 1 is 1.09 bits per heavy atom. The molecule has 180 valence electrons. The molecule has 0 saturated carbocycles. The van der Waals surface area contributed by atoms with Crippen molar-refractivity contribution in [1.82, 2.24) is 25.0 Å². The zero-order valence-electron chi connectivity index (χ0n) is 19.8. The number of carbonyl (C=O) groups excluding carboxylic acids is 1. The molecular formula is C25H27N7O3. The molecule has 0 radical (unpaired) electrons. The van der Waals surface area contributed by atoms with Gasteiger partial charge in [-0.2, -0.15) is 9.97 Å². The van der Waals surface area contributed by atoms with E-state index in [0.29, 0.717) is 40.8 Å². The molecule has 1 amide bonds. The molecule has 3 N–H and O–H groups in total. The summed E-state index contributed by atoms with van der Waals surface area (Å²) in [4.78, 5) is 27.1. The lowest BCUT2D eigenvalue weighted by Gasteiger charge is -2.19. The van der Waals surface area contributed by atoms with Crippen LogP contribution in [0, 0.1) is 0 Å². The molecule has 0 fully saturated rings. The highest BCUT2D eigenvalue weighted by Gasteiger charge is 2.19. The molecule has 10 nitrogen and oxygen atoms in total. The van der Waals surface area contributed by atoms with Gasteiger partial charge in [0.15, 0.2) is 5.82 Å². The Hall–Kier alpha value is -4.31. The third-order valence-corrected chi connectivity index (χ3v) is 5.29. The van der Waals surface area contributed by atoms with E-state index in [-0.39, 0.29) is 18.4 Å². The van der Waals surface area contributed by atoms with E-state index in [1.165, 1.54) is 4.90 Å². The van der Waals surface area contributed by atoms with Crippen molar-refractivity contribution in [1.29, 1.82) is 0 Å². The number of hydrogen-bond donors (Lipinski definition) is 3. The molecule has 0 spiro atoms. The molecule has 1 atom stereocenters. The van der Waals surface area contributed by atoms with Crippen LogP contribution in [-0.4, -0.2) is 56.7 Å². The Morgan fingerprint density at radius 2 is 1.83 bits per heavy atom. The maximum absolute atomic E-state index is 12.1. The normalized spacial score (nSPS) is 11.7. The molecule has 0 aliphatic carbocycles. The van der Waals surface area contributed by atoms with Crippen LogP contribution in [0.5, 0.6) is 0 Å². The van der Waals surface area contributed by atoms with Gasteiger partial charge >= 0.3 is 0 Å². The van der Waals surface area contributed by atoms with Crippen molar-refractivity contribution in [2.24, 2.45) is 0 Å². The fourth-order valence-electron chi connectivity index (χ4n) is 3.38. The van der Waals surface area contributed by atoms with Gasteiger partial charge in [-0.25, -0.2) is 4.98 Å². The van der Waals surface area contributed by atoms with Crippen molar-refractivity contribution in [3.05, 3.63) is 77.7 Å². The molecule has 2 heterocycles. The standard InChI is InChI=1S/C25H27N7O3/c1-4-21-29-23(35-31-21)19-14-26-25(27-18-12-10-17(11-13-18)24(34)32(2)3)30-22(19)28-20(15-33)16-8-6-5-7-9-16/h5-14,20,33H,4,15H2,1-3H3,(H2,26,27,28,30)/t20-/m1/s1. The summed E-state index contributed by atoms with van der Waals surface area (Å²) in [7, 11) is 3.42. The van der Waals surface area contributed by atoms with E-state index in [4.69, 9.17) is 4.52 Å². The van der Waals surface area contributed by atoms with Crippen molar-refractivity contribution < 1.29 is 14.4 Å². The predicted molar refractivity (Wildman–Crippen MR) is 132 cm³/mol. The first-order valence-electron chi connectivity index (χ1n) is 11.2. The summed E-state index contributed by atoms with van der Waals surface area (Å²) in [5, 5.41) is 20.5. The second-order valence-corrected chi connectivity index (χ2v) is 8.02. The van der Waals surface area contributed by atoms with Crippen molar-refractivity contribution in [2.75, 3.05) is 31.3 Å². The number of nitrogens with one attached hydrogen (secondary N) is 2. The zero-order valence-corrected chi connectivity index (χ0v) is 19.8. The van der Waals surface area contributed by atoms with E-state index in [2.05, 4.69) is 30.7 Å². The van der Waals surface area contributed by atoms with Crippen molar-refractivity contribution in [2.45, 2.75) is 19.4 Å². The Morgan fingerprint density at radius 3 is 2.46 bits per heavy atom. The van der Waals surface area contributed by atoms with Gasteiger partial charge in [0, 0.05) is 38.0 Å². The number of nitrogens with zero attached hydrogens (tertiary/aromatic N) is 5. The Bertz CT molecular complexity index is 1270. The van der Waals surface area contributed by atoms with E-state index in [1.54, 1.807) is 44.6 Å². The van der Waals surface area contributed by atoms with Crippen molar-refractivity contribution in [3.63, 3.8) is 0 Å². The van der Waals surface area contributed by atoms with Gasteiger partial charge in [-0.05, 0) is 29.8 Å². The van der Waals surface area contributed by atoms with Crippen molar-refractivity contribution >= 4 is 23.4 Å². The molecule has 0 saturated heterocycles. The van der Waals surface area contributed by atoms with Gasteiger partial charge in [-0.1, -0.05) is 42.4 Å². The highest BCUT2D eigenvalue weighted by molar-refractivity contribution is 5.94. The molecule has 0 aliphatic heterocycles. The fourth-order valence-corrected chi connectivity index (χ4v) is 3.38. The number of carbonyl (C=O) groups is 1. The van der Waals surface area contributed by atoms with Gasteiger partial charge in [-0.3, -0.25) is 4.79 Å². The minimum atomic E-state index is -0.414. The number of hydrogen-bond acceptors (Lipinski definition) is 9. The first-order chi connectivity index (χ1) is 17.0. The lowest BCUT2D eigenvalue weighted by atomic mass is 10.1. The minimum absolute atomic E-state index is 0.0781. The van der Waals surface area contributed by atoms with Crippen LogP contribution in [0.1, 0.15) is 34.7 Å². The summed E-state index contributed by atoms with van der Waals surface area (Å²) in [6.07, 6.45) is 2.22. The molecule has 2 aromatic heterocycles. The molecule has 0 unspecified atom stereocenters. The van der Waals surface area contributed by atoms with Gasteiger partial charge in [0.05, 0.1) is 12.6 Å². The van der Waals surface area contributed by atoms with Crippen LogP contribution in [0.3, 0.4) is 0 Å². The van der Waals surface area contributed by atoms with Crippen LogP contribution in [0.4, 0.5) is 17.5 Å². The van der Waals surface area contributed by atoms with Gasteiger partial charge in [0.2, 0.25) is 5.95 Å². The third kappa shape index (κ3) is 5.61. The van der Waals surface area contributed by atoms with E-state index in [1.807, 2.05) is 37.3 Å². The molecule has 0 aliphatic rings. The summed E-state index contributed by atoms with van der Waals surface area (Å²) < 4.78 is 5.42. The first-order valence-corrected chi connectivity index (χ1v) is 11.2. The summed E-state index contributed by atoms with van der Waals surface area (Å²) in [6, 6.07) is 16.2. The maximum atomic E-state index is 12.1. The van der Waals surface area contributed by atoms with Crippen LogP contribution in [0.2, 0.25) is 0 Å². The first kappa shape index (κ1) is 23.8. The molecule has 0 bridgehead atoms. The zero-order chi connectivity index (χ0) is 24.8. The van der Waals surface area contributed by atoms with Crippen LogP contribution < -0.4 is 10.6 Å². The highest BCUT2D eigenvalue weighted by Crippen LogP contribution is 2.29. The number of aliphatic hydroxyl groups is 1. The monoisotopic (exact) mass is 473 g/mol. The van der Waals surface area contributed by atoms with E-state index in [9.17, 15) is 9.90 Å². The largest absolute Gasteiger partial charge is 0.394 e. The fraction of sp³-hybridized carbons (Fsp3) is 0.240. The quantitative estimate of drug-likeness (QED) is 0.333. The summed E-state index contributed by atoms with van der Waals surface area (Å²) in [5.74, 6) is 1.53. The Labute approximate surface area is 203 Å². The van der Waals surface area contributed by atoms with Gasteiger partial charge < -0.3 is 25.2 Å². The molecule has 10 heteroatoms. The third-order valence-electron chi connectivity index (χ3n) is 5.29. The number of amides is 1. The second kappa shape index (κ2) is 10.7. The summed E-state index contributed by atoms with van der Waals surface area (Å²) >= 11 is 0. The molecule has 4 rings (SSSR count).